The van der Waals surface area contributed by atoms with Crippen LogP contribution in [-0.4, -0.2) is 0 Å². The van der Waals surface area contributed by atoms with Crippen LogP contribution in [0.1, 0.15) is 28.7 Å². The van der Waals surface area contributed by atoms with Gasteiger partial charge in [-0.2, -0.15) is 0 Å². The molecule has 0 atom stereocenters. The summed E-state index contributed by atoms with van der Waals surface area (Å²) in [6.45, 7) is 4.36. The molecule has 22 heavy (non-hydrogen) atoms. The molecular formula is C22H20. The van der Waals surface area contributed by atoms with Gasteiger partial charge in [-0.05, 0) is 42.5 Å². The molecule has 0 unspecified atom stereocenters. The van der Waals surface area contributed by atoms with Crippen molar-refractivity contribution in [3.05, 3.63) is 95.1 Å². The molecule has 0 amide bonds. The van der Waals surface area contributed by atoms with E-state index in [0.717, 1.165) is 6.42 Å². The molecule has 2 aromatic rings. The van der Waals surface area contributed by atoms with Gasteiger partial charge < -0.3 is 0 Å². The zero-order chi connectivity index (χ0) is 15.2. The molecule has 0 radical (unpaired) electrons. The highest BCUT2D eigenvalue weighted by Crippen LogP contribution is 2.51. The smallest absolute Gasteiger partial charge is 0.0578 e. The largest absolute Gasteiger partial charge is 0.0832 e. The van der Waals surface area contributed by atoms with E-state index in [2.05, 4.69) is 86.7 Å². The summed E-state index contributed by atoms with van der Waals surface area (Å²) in [6, 6.07) is 13.7. The highest BCUT2D eigenvalue weighted by Gasteiger charge is 2.39. The standard InChI is InChI=1S/C22H20/c1-16-8-10-18-19-11-9-17(2)15-21(19)22(20(18)14-16)12-6-4-3-5-7-13-22/h3-4,6-15H,5H2,1-2H3/b4-3-,12-6-,13-7?. The van der Waals surface area contributed by atoms with E-state index < -0.39 is 0 Å². The van der Waals surface area contributed by atoms with Crippen molar-refractivity contribution in [2.45, 2.75) is 25.7 Å². The van der Waals surface area contributed by atoms with Crippen LogP contribution in [0.15, 0.2) is 72.9 Å². The third-order valence-electron chi connectivity index (χ3n) is 4.79. The summed E-state index contributed by atoms with van der Waals surface area (Å²) in [6.07, 6.45) is 14.6. The normalized spacial score (nSPS) is 20.1. The minimum atomic E-state index is -0.118. The highest BCUT2D eigenvalue weighted by molar-refractivity contribution is 5.84. The van der Waals surface area contributed by atoms with Crippen molar-refractivity contribution >= 4 is 0 Å². The van der Waals surface area contributed by atoms with Crippen LogP contribution >= 0.6 is 0 Å². The van der Waals surface area contributed by atoms with Gasteiger partial charge in [0, 0.05) is 0 Å². The predicted octanol–water partition coefficient (Wildman–Crippen LogP) is 5.64. The predicted molar refractivity (Wildman–Crippen MR) is 94.2 cm³/mol. The number of hydrogen-bond acceptors (Lipinski definition) is 0. The van der Waals surface area contributed by atoms with Crippen molar-refractivity contribution in [1.29, 1.82) is 0 Å². The number of aryl methyl sites for hydroxylation is 2. The molecule has 1 spiro atoms. The van der Waals surface area contributed by atoms with Gasteiger partial charge in [-0.15, -0.1) is 0 Å². The van der Waals surface area contributed by atoms with E-state index in [1.807, 2.05) is 0 Å². The SMILES string of the molecule is Cc1ccc2c(c1)C1(C=CC/C=C\C=C/1)c1cc(C)ccc1-2. The van der Waals surface area contributed by atoms with Gasteiger partial charge in [0.05, 0.1) is 5.41 Å². The number of fused-ring (bicyclic) bond motifs is 5. The van der Waals surface area contributed by atoms with E-state index in [0.29, 0.717) is 0 Å². The van der Waals surface area contributed by atoms with E-state index in [4.69, 9.17) is 0 Å². The fourth-order valence-corrected chi connectivity index (χ4v) is 3.73. The Morgan fingerprint density at radius 2 is 1.36 bits per heavy atom. The van der Waals surface area contributed by atoms with Crippen molar-refractivity contribution in [1.82, 2.24) is 0 Å². The van der Waals surface area contributed by atoms with E-state index >= 15 is 0 Å². The summed E-state index contributed by atoms with van der Waals surface area (Å²) >= 11 is 0. The van der Waals surface area contributed by atoms with Crippen molar-refractivity contribution in [3.8, 4) is 11.1 Å². The quantitative estimate of drug-likeness (QED) is 0.549. The summed E-state index contributed by atoms with van der Waals surface area (Å²) < 4.78 is 0. The maximum Gasteiger partial charge on any atom is 0.0578 e. The van der Waals surface area contributed by atoms with Gasteiger partial charge in [-0.25, -0.2) is 0 Å². The maximum absolute atomic E-state index is 2.39. The van der Waals surface area contributed by atoms with Crippen molar-refractivity contribution < 1.29 is 0 Å². The summed E-state index contributed by atoms with van der Waals surface area (Å²) in [5, 5.41) is 0. The van der Waals surface area contributed by atoms with E-state index in [1.165, 1.54) is 33.4 Å². The Hall–Kier alpha value is -2.34. The molecule has 2 aliphatic rings. The summed E-state index contributed by atoms with van der Waals surface area (Å²) in [5.41, 5.74) is 8.10. The second-order valence-corrected chi connectivity index (χ2v) is 6.39. The second-order valence-electron chi connectivity index (χ2n) is 6.39. The van der Waals surface area contributed by atoms with Crippen LogP contribution in [0.25, 0.3) is 11.1 Å². The van der Waals surface area contributed by atoms with Gasteiger partial charge in [0.1, 0.15) is 0 Å². The molecule has 2 aliphatic carbocycles. The summed E-state index contributed by atoms with van der Waals surface area (Å²) in [7, 11) is 0. The third-order valence-corrected chi connectivity index (χ3v) is 4.79. The lowest BCUT2D eigenvalue weighted by molar-refractivity contribution is 0.835. The average Bonchev–Trinajstić information content (AvgIpc) is 2.73. The molecule has 0 saturated heterocycles. The lowest BCUT2D eigenvalue weighted by Crippen LogP contribution is -2.20. The van der Waals surface area contributed by atoms with Crippen LogP contribution in [0.2, 0.25) is 0 Å². The molecule has 0 heteroatoms. The van der Waals surface area contributed by atoms with Crippen molar-refractivity contribution in [2.75, 3.05) is 0 Å². The number of allylic oxidation sites excluding steroid dienone is 6. The highest BCUT2D eigenvalue weighted by atomic mass is 14.4. The number of rotatable bonds is 0. The Morgan fingerprint density at radius 1 is 0.727 bits per heavy atom. The average molecular weight is 284 g/mol. The molecule has 0 N–H and O–H groups in total. The monoisotopic (exact) mass is 284 g/mol. The first-order chi connectivity index (χ1) is 10.7. The van der Waals surface area contributed by atoms with Crippen LogP contribution in [0.5, 0.6) is 0 Å². The minimum Gasteiger partial charge on any atom is -0.0832 e. The molecular weight excluding hydrogens is 264 g/mol. The first-order valence-electron chi connectivity index (χ1n) is 7.95. The van der Waals surface area contributed by atoms with Crippen LogP contribution in [-0.2, 0) is 5.41 Å². The first kappa shape index (κ1) is 13.3. The van der Waals surface area contributed by atoms with Gasteiger partial charge in [0.25, 0.3) is 0 Å². The van der Waals surface area contributed by atoms with Crippen molar-refractivity contribution in [3.63, 3.8) is 0 Å². The fourth-order valence-electron chi connectivity index (χ4n) is 3.73. The van der Waals surface area contributed by atoms with Gasteiger partial charge in [-0.3, -0.25) is 0 Å². The van der Waals surface area contributed by atoms with Crippen molar-refractivity contribution in [2.24, 2.45) is 0 Å². The molecule has 0 fully saturated rings. The molecule has 0 heterocycles. The third kappa shape index (κ3) is 1.84. The Bertz CT molecular complexity index is 780. The zero-order valence-corrected chi connectivity index (χ0v) is 13.1. The molecule has 0 bridgehead atoms. The van der Waals surface area contributed by atoms with E-state index in [-0.39, 0.29) is 5.41 Å². The van der Waals surface area contributed by atoms with Crippen LogP contribution < -0.4 is 0 Å². The fraction of sp³-hybridized carbons (Fsp3) is 0.182. The molecule has 0 saturated carbocycles. The second kappa shape index (κ2) is 4.84. The van der Waals surface area contributed by atoms with Crippen LogP contribution in [0.3, 0.4) is 0 Å². The Kier molecular flexibility index (Phi) is 2.94. The molecule has 2 aromatic carbocycles. The molecule has 0 aliphatic heterocycles. The summed E-state index contributed by atoms with van der Waals surface area (Å²) in [4.78, 5) is 0. The maximum atomic E-state index is 2.39. The topological polar surface area (TPSA) is 0 Å². The summed E-state index contributed by atoms with van der Waals surface area (Å²) in [5.74, 6) is 0. The van der Waals surface area contributed by atoms with Gasteiger partial charge in [0.15, 0.2) is 0 Å². The van der Waals surface area contributed by atoms with E-state index in [9.17, 15) is 0 Å². The van der Waals surface area contributed by atoms with Gasteiger partial charge >= 0.3 is 0 Å². The Morgan fingerprint density at radius 3 is 2.00 bits per heavy atom. The van der Waals surface area contributed by atoms with Crippen LogP contribution in [0.4, 0.5) is 0 Å². The van der Waals surface area contributed by atoms with E-state index in [1.54, 1.807) is 0 Å². The van der Waals surface area contributed by atoms with Gasteiger partial charge in [0.2, 0.25) is 0 Å². The Balaban J connectivity index is 2.10. The number of hydrogen-bond donors (Lipinski definition) is 0. The molecule has 4 rings (SSSR count). The first-order valence-corrected chi connectivity index (χ1v) is 7.95. The number of benzene rings is 2. The lowest BCUT2D eigenvalue weighted by Gasteiger charge is -2.26. The van der Waals surface area contributed by atoms with Gasteiger partial charge in [-0.1, -0.05) is 84.0 Å². The molecule has 108 valence electrons. The van der Waals surface area contributed by atoms with Crippen LogP contribution in [0, 0.1) is 13.8 Å². The molecule has 0 nitrogen and oxygen atoms in total. The minimum absolute atomic E-state index is 0.118. The Labute approximate surface area is 132 Å². The molecule has 0 aromatic heterocycles. The zero-order valence-electron chi connectivity index (χ0n) is 13.1. The lowest BCUT2D eigenvalue weighted by atomic mass is 9.76.